The molecule has 0 fully saturated rings. The summed E-state index contributed by atoms with van der Waals surface area (Å²) < 4.78 is 38.6. The second kappa shape index (κ2) is 4.31. The molecule has 0 spiro atoms. The van der Waals surface area contributed by atoms with Crippen molar-refractivity contribution >= 4 is 26.7 Å². The van der Waals surface area contributed by atoms with E-state index in [0.717, 1.165) is 5.39 Å². The quantitative estimate of drug-likeness (QED) is 0.841. The number of fused-ring (bicyclic) bond motifs is 1. The zero-order valence-electron chi connectivity index (χ0n) is 8.63. The monoisotopic (exact) mass is 303 g/mol. The van der Waals surface area contributed by atoms with Crippen LogP contribution in [0.2, 0.25) is 0 Å². The van der Waals surface area contributed by atoms with Crippen LogP contribution in [0.1, 0.15) is 11.6 Å². The molecular formula is C12H9BrF3N. The van der Waals surface area contributed by atoms with Gasteiger partial charge in [-0.15, -0.1) is 0 Å². The van der Waals surface area contributed by atoms with Crippen LogP contribution in [0.15, 0.2) is 40.9 Å². The van der Waals surface area contributed by atoms with E-state index in [-0.39, 0.29) is 5.56 Å². The second-order valence-corrected chi connectivity index (χ2v) is 4.65. The van der Waals surface area contributed by atoms with Crippen LogP contribution in [0.5, 0.6) is 0 Å². The van der Waals surface area contributed by atoms with Crippen LogP contribution in [-0.4, -0.2) is 6.18 Å². The Balaban J connectivity index is 2.68. The molecule has 1 atom stereocenters. The van der Waals surface area contributed by atoms with Gasteiger partial charge in [0, 0.05) is 4.47 Å². The van der Waals surface area contributed by atoms with Gasteiger partial charge in [0.1, 0.15) is 6.04 Å². The highest BCUT2D eigenvalue weighted by Gasteiger charge is 2.38. The van der Waals surface area contributed by atoms with Crippen molar-refractivity contribution in [3.05, 3.63) is 46.4 Å². The van der Waals surface area contributed by atoms with Crippen molar-refractivity contribution in [3.63, 3.8) is 0 Å². The molecule has 0 aromatic heterocycles. The molecule has 2 N–H and O–H groups in total. The smallest absolute Gasteiger partial charge is 0.316 e. The number of hydrogen-bond donors (Lipinski definition) is 1. The predicted molar refractivity (Wildman–Crippen MR) is 64.6 cm³/mol. The minimum absolute atomic E-state index is 0.0856. The van der Waals surface area contributed by atoms with Gasteiger partial charge in [0.25, 0.3) is 0 Å². The summed E-state index contributed by atoms with van der Waals surface area (Å²) in [6.45, 7) is 0. The van der Waals surface area contributed by atoms with Crippen molar-refractivity contribution in [1.82, 2.24) is 0 Å². The van der Waals surface area contributed by atoms with Crippen molar-refractivity contribution in [1.29, 1.82) is 0 Å². The number of nitrogens with two attached hydrogens (primary N) is 1. The third kappa shape index (κ3) is 2.45. The molecule has 0 amide bonds. The Hall–Kier alpha value is -1.07. The zero-order valence-corrected chi connectivity index (χ0v) is 10.2. The van der Waals surface area contributed by atoms with Crippen LogP contribution in [0.4, 0.5) is 13.2 Å². The van der Waals surface area contributed by atoms with Crippen molar-refractivity contribution < 1.29 is 13.2 Å². The minimum Gasteiger partial charge on any atom is -0.316 e. The maximum Gasteiger partial charge on any atom is 0.407 e. The van der Waals surface area contributed by atoms with Gasteiger partial charge in [-0.2, -0.15) is 13.2 Å². The molecule has 0 heterocycles. The van der Waals surface area contributed by atoms with Crippen molar-refractivity contribution in [2.75, 3.05) is 0 Å². The Morgan fingerprint density at radius 3 is 2.41 bits per heavy atom. The molecule has 0 aliphatic heterocycles. The molecule has 0 aliphatic rings. The van der Waals surface area contributed by atoms with Crippen LogP contribution in [0.25, 0.3) is 10.8 Å². The highest BCUT2D eigenvalue weighted by atomic mass is 79.9. The summed E-state index contributed by atoms with van der Waals surface area (Å²) in [7, 11) is 0. The predicted octanol–water partition coefficient (Wildman–Crippen LogP) is 4.16. The van der Waals surface area contributed by atoms with Crippen molar-refractivity contribution in [2.45, 2.75) is 12.2 Å². The molecule has 0 saturated carbocycles. The van der Waals surface area contributed by atoms with Crippen molar-refractivity contribution in [2.24, 2.45) is 5.73 Å². The van der Waals surface area contributed by atoms with Crippen LogP contribution in [-0.2, 0) is 0 Å². The summed E-state index contributed by atoms with van der Waals surface area (Å²) in [5.74, 6) is 0. The lowest BCUT2D eigenvalue weighted by Crippen LogP contribution is -2.28. The summed E-state index contributed by atoms with van der Waals surface area (Å²) >= 11 is 3.20. The second-order valence-electron chi connectivity index (χ2n) is 3.74. The van der Waals surface area contributed by atoms with Gasteiger partial charge in [-0.3, -0.25) is 0 Å². The lowest BCUT2D eigenvalue weighted by Gasteiger charge is -2.18. The number of halogens is 4. The first-order valence-corrected chi connectivity index (χ1v) is 5.69. The first-order chi connectivity index (χ1) is 7.89. The normalized spacial score (nSPS) is 13.9. The summed E-state index contributed by atoms with van der Waals surface area (Å²) in [6, 6.07) is 8.09. The van der Waals surface area contributed by atoms with Gasteiger partial charge in [-0.1, -0.05) is 40.2 Å². The van der Waals surface area contributed by atoms with Crippen LogP contribution >= 0.6 is 15.9 Å². The number of alkyl halides is 3. The Labute approximate surface area is 105 Å². The van der Waals surface area contributed by atoms with Crippen LogP contribution < -0.4 is 5.73 Å². The highest BCUT2D eigenvalue weighted by Crippen LogP contribution is 2.36. The van der Waals surface area contributed by atoms with E-state index in [1.807, 2.05) is 0 Å². The first-order valence-electron chi connectivity index (χ1n) is 4.90. The fourth-order valence-corrected chi connectivity index (χ4v) is 2.23. The molecule has 17 heavy (non-hydrogen) atoms. The van der Waals surface area contributed by atoms with Gasteiger partial charge < -0.3 is 5.73 Å². The molecule has 1 nitrogen and oxygen atoms in total. The molecule has 0 radical (unpaired) electrons. The molecule has 90 valence electrons. The van der Waals surface area contributed by atoms with E-state index in [0.29, 0.717) is 9.86 Å². The van der Waals surface area contributed by atoms with E-state index in [4.69, 9.17) is 5.73 Å². The van der Waals surface area contributed by atoms with E-state index in [2.05, 4.69) is 15.9 Å². The van der Waals surface area contributed by atoms with E-state index < -0.39 is 12.2 Å². The highest BCUT2D eigenvalue weighted by molar-refractivity contribution is 9.10. The van der Waals surface area contributed by atoms with E-state index >= 15 is 0 Å². The van der Waals surface area contributed by atoms with Crippen LogP contribution in [0, 0.1) is 0 Å². The Morgan fingerprint density at radius 1 is 1.12 bits per heavy atom. The Kier molecular flexibility index (Phi) is 3.14. The van der Waals surface area contributed by atoms with Gasteiger partial charge in [0.15, 0.2) is 0 Å². The van der Waals surface area contributed by atoms with E-state index in [9.17, 15) is 13.2 Å². The molecule has 0 saturated heterocycles. The summed E-state index contributed by atoms with van der Waals surface area (Å²) in [5.41, 5.74) is 5.35. The molecular weight excluding hydrogens is 295 g/mol. The van der Waals surface area contributed by atoms with Gasteiger partial charge in [0.05, 0.1) is 0 Å². The standard InChI is InChI=1S/C12H9BrF3N/c13-8-5-7-3-1-2-4-9(7)10(6-8)11(17)12(14,15)16/h1-6,11H,17H2/t11-/m0/s1. The van der Waals surface area contributed by atoms with Gasteiger partial charge in [-0.25, -0.2) is 0 Å². The fourth-order valence-electron chi connectivity index (χ4n) is 1.74. The van der Waals surface area contributed by atoms with E-state index in [1.165, 1.54) is 6.07 Å². The topological polar surface area (TPSA) is 26.0 Å². The molecule has 0 aliphatic carbocycles. The Bertz CT molecular complexity index is 551. The van der Waals surface area contributed by atoms with Gasteiger partial charge in [-0.05, 0) is 28.5 Å². The van der Waals surface area contributed by atoms with Gasteiger partial charge >= 0.3 is 6.18 Å². The Morgan fingerprint density at radius 2 is 1.76 bits per heavy atom. The van der Waals surface area contributed by atoms with Crippen molar-refractivity contribution in [3.8, 4) is 0 Å². The zero-order chi connectivity index (χ0) is 12.6. The number of rotatable bonds is 1. The third-order valence-electron chi connectivity index (χ3n) is 2.55. The average molecular weight is 304 g/mol. The average Bonchev–Trinajstić information content (AvgIpc) is 2.25. The SMILES string of the molecule is N[C@@H](c1cc(Br)cc2ccccc12)C(F)(F)F. The fraction of sp³-hybridized carbons (Fsp3) is 0.167. The van der Waals surface area contributed by atoms with Gasteiger partial charge in [0.2, 0.25) is 0 Å². The molecule has 0 unspecified atom stereocenters. The summed E-state index contributed by atoms with van der Waals surface area (Å²) in [5, 5.41) is 1.26. The number of benzene rings is 2. The lowest BCUT2D eigenvalue weighted by molar-refractivity contribution is -0.148. The number of hydrogen-bond acceptors (Lipinski definition) is 1. The maximum absolute atomic E-state index is 12.7. The third-order valence-corrected chi connectivity index (χ3v) is 3.00. The largest absolute Gasteiger partial charge is 0.407 e. The van der Waals surface area contributed by atoms with E-state index in [1.54, 1.807) is 30.3 Å². The maximum atomic E-state index is 12.7. The van der Waals surface area contributed by atoms with Crippen LogP contribution in [0.3, 0.4) is 0 Å². The molecule has 2 rings (SSSR count). The molecule has 0 bridgehead atoms. The first kappa shape index (κ1) is 12.4. The molecule has 2 aromatic rings. The molecule has 2 aromatic carbocycles. The lowest BCUT2D eigenvalue weighted by atomic mass is 9.99. The summed E-state index contributed by atoms with van der Waals surface area (Å²) in [6.07, 6.45) is -4.44. The minimum atomic E-state index is -4.44. The summed E-state index contributed by atoms with van der Waals surface area (Å²) in [4.78, 5) is 0. The molecule has 5 heteroatoms.